The Morgan fingerprint density at radius 3 is 2.56 bits per heavy atom. The molecule has 1 rings (SSSR count). The van der Waals surface area contributed by atoms with Crippen LogP contribution in [0.5, 0.6) is 5.75 Å². The lowest BCUT2D eigenvalue weighted by Gasteiger charge is -2.10. The Morgan fingerprint density at radius 2 is 1.94 bits per heavy atom. The maximum absolute atomic E-state index is 12.0. The summed E-state index contributed by atoms with van der Waals surface area (Å²) in [6, 6.07) is 5.85. The van der Waals surface area contributed by atoms with Gasteiger partial charge in [-0.2, -0.15) is 0 Å². The van der Waals surface area contributed by atoms with E-state index in [9.17, 15) is 13.2 Å². The highest BCUT2D eigenvalue weighted by Crippen LogP contribution is 2.26. The van der Waals surface area contributed by atoms with Crippen molar-refractivity contribution in [3.05, 3.63) is 43.0 Å². The first kappa shape index (κ1) is 12.6. The number of hydrogen-bond acceptors (Lipinski definition) is 2. The summed E-state index contributed by atoms with van der Waals surface area (Å²) in [4.78, 5) is 0. The number of halogens is 3. The standard InChI is InChI=1S/C11H10F3O2/c1-15-8-4-6-9-5-2-3-7-10(9)16-11(12,13)14/h2-7H,1,8H2/b6-4+. The zero-order chi connectivity index (χ0) is 12.0. The summed E-state index contributed by atoms with van der Waals surface area (Å²) in [7, 11) is 3.14. The molecule has 0 aliphatic carbocycles. The first-order chi connectivity index (χ1) is 7.53. The lowest BCUT2D eigenvalue weighted by molar-refractivity contribution is -0.274. The van der Waals surface area contributed by atoms with Gasteiger partial charge in [-0.05, 0) is 6.07 Å². The second-order valence-corrected chi connectivity index (χ2v) is 2.86. The van der Waals surface area contributed by atoms with Gasteiger partial charge in [0, 0.05) is 5.56 Å². The van der Waals surface area contributed by atoms with Crippen molar-refractivity contribution in [2.45, 2.75) is 6.36 Å². The van der Waals surface area contributed by atoms with Crippen LogP contribution in [0.15, 0.2) is 30.3 Å². The maximum atomic E-state index is 12.0. The van der Waals surface area contributed by atoms with Crippen LogP contribution in [0.25, 0.3) is 6.08 Å². The molecule has 5 heteroatoms. The molecular weight excluding hydrogens is 221 g/mol. The molecule has 0 amide bonds. The van der Waals surface area contributed by atoms with Crippen molar-refractivity contribution in [1.29, 1.82) is 0 Å². The van der Waals surface area contributed by atoms with Crippen LogP contribution in [0, 0.1) is 7.11 Å². The Hall–Kier alpha value is -1.49. The number of ether oxygens (including phenoxy) is 2. The molecule has 0 saturated heterocycles. The van der Waals surface area contributed by atoms with Crippen molar-refractivity contribution >= 4 is 6.08 Å². The lowest BCUT2D eigenvalue weighted by atomic mass is 10.2. The van der Waals surface area contributed by atoms with Gasteiger partial charge in [0.2, 0.25) is 0 Å². The molecule has 0 saturated carbocycles. The fraction of sp³-hybridized carbons (Fsp3) is 0.182. The highest BCUT2D eigenvalue weighted by atomic mass is 19.4. The topological polar surface area (TPSA) is 18.5 Å². The Morgan fingerprint density at radius 1 is 1.25 bits per heavy atom. The Balaban J connectivity index is 2.83. The van der Waals surface area contributed by atoms with Gasteiger partial charge in [-0.1, -0.05) is 30.4 Å². The van der Waals surface area contributed by atoms with E-state index < -0.39 is 6.36 Å². The number of para-hydroxylation sites is 1. The third kappa shape index (κ3) is 4.35. The zero-order valence-electron chi connectivity index (χ0n) is 8.33. The van der Waals surface area contributed by atoms with Crippen LogP contribution in [-0.2, 0) is 4.74 Å². The molecule has 1 radical (unpaired) electrons. The molecule has 16 heavy (non-hydrogen) atoms. The molecule has 0 aliphatic rings. The average Bonchev–Trinajstić information content (AvgIpc) is 2.19. The largest absolute Gasteiger partial charge is 0.573 e. The second kappa shape index (κ2) is 5.55. The normalized spacial score (nSPS) is 12.0. The summed E-state index contributed by atoms with van der Waals surface area (Å²) in [6.07, 6.45) is -1.66. The SMILES string of the molecule is [CH2]OC/C=C/c1ccccc1OC(F)(F)F. The molecule has 0 aromatic heterocycles. The maximum Gasteiger partial charge on any atom is 0.573 e. The molecule has 0 spiro atoms. The van der Waals surface area contributed by atoms with Crippen molar-refractivity contribution < 1.29 is 22.6 Å². The Bertz CT molecular complexity index is 358. The summed E-state index contributed by atoms with van der Waals surface area (Å²) in [6.45, 7) is 0.223. The molecule has 87 valence electrons. The van der Waals surface area contributed by atoms with Gasteiger partial charge in [0.25, 0.3) is 0 Å². The van der Waals surface area contributed by atoms with E-state index in [2.05, 4.69) is 16.6 Å². The minimum absolute atomic E-state index is 0.223. The summed E-state index contributed by atoms with van der Waals surface area (Å²) >= 11 is 0. The fourth-order valence-corrected chi connectivity index (χ4v) is 1.08. The number of benzene rings is 1. The predicted octanol–water partition coefficient (Wildman–Crippen LogP) is 3.41. The highest BCUT2D eigenvalue weighted by Gasteiger charge is 2.31. The number of rotatable bonds is 4. The van der Waals surface area contributed by atoms with E-state index in [0.29, 0.717) is 5.56 Å². The van der Waals surface area contributed by atoms with Gasteiger partial charge in [-0.15, -0.1) is 13.2 Å². The molecule has 0 N–H and O–H groups in total. The van der Waals surface area contributed by atoms with Crippen LogP contribution in [0.4, 0.5) is 13.2 Å². The van der Waals surface area contributed by atoms with Gasteiger partial charge >= 0.3 is 6.36 Å². The smallest absolute Gasteiger partial charge is 0.405 e. The third-order valence-electron chi connectivity index (χ3n) is 1.66. The molecule has 0 heterocycles. The van der Waals surface area contributed by atoms with Crippen LogP contribution in [-0.4, -0.2) is 13.0 Å². The predicted molar refractivity (Wildman–Crippen MR) is 53.5 cm³/mol. The van der Waals surface area contributed by atoms with Crippen molar-refractivity contribution in [2.24, 2.45) is 0 Å². The summed E-state index contributed by atoms with van der Waals surface area (Å²) < 4.78 is 44.4. The minimum Gasteiger partial charge on any atom is -0.405 e. The van der Waals surface area contributed by atoms with E-state index in [1.54, 1.807) is 12.1 Å². The van der Waals surface area contributed by atoms with Crippen LogP contribution in [0.3, 0.4) is 0 Å². The molecular formula is C11H10F3O2. The Labute approximate surface area is 91.3 Å². The number of hydrogen-bond donors (Lipinski definition) is 0. The summed E-state index contributed by atoms with van der Waals surface area (Å²) in [5.41, 5.74) is 0.330. The van der Waals surface area contributed by atoms with Crippen molar-refractivity contribution in [3.8, 4) is 5.75 Å². The molecule has 0 aliphatic heterocycles. The third-order valence-corrected chi connectivity index (χ3v) is 1.66. The quantitative estimate of drug-likeness (QED) is 0.790. The van der Waals surface area contributed by atoms with Crippen LogP contribution < -0.4 is 4.74 Å². The zero-order valence-corrected chi connectivity index (χ0v) is 8.33. The average molecular weight is 231 g/mol. The molecule has 0 fully saturated rings. The van der Waals surface area contributed by atoms with Crippen LogP contribution in [0.1, 0.15) is 5.56 Å². The molecule has 1 aromatic rings. The Kier molecular flexibility index (Phi) is 4.37. The van der Waals surface area contributed by atoms with Gasteiger partial charge in [0.05, 0.1) is 13.7 Å². The van der Waals surface area contributed by atoms with Crippen molar-refractivity contribution in [3.63, 3.8) is 0 Å². The molecule has 0 bridgehead atoms. The van der Waals surface area contributed by atoms with Gasteiger partial charge in [0.1, 0.15) is 5.75 Å². The fourth-order valence-electron chi connectivity index (χ4n) is 1.08. The van der Waals surface area contributed by atoms with E-state index in [0.717, 1.165) is 0 Å². The van der Waals surface area contributed by atoms with E-state index in [1.165, 1.54) is 24.3 Å². The summed E-state index contributed by atoms with van der Waals surface area (Å²) in [5.74, 6) is -0.240. The lowest BCUT2D eigenvalue weighted by Crippen LogP contribution is -2.17. The van der Waals surface area contributed by atoms with Gasteiger partial charge in [-0.25, -0.2) is 0 Å². The molecule has 2 nitrogen and oxygen atoms in total. The van der Waals surface area contributed by atoms with Gasteiger partial charge in [-0.3, -0.25) is 0 Å². The minimum atomic E-state index is -4.69. The van der Waals surface area contributed by atoms with Crippen LogP contribution in [0.2, 0.25) is 0 Å². The monoisotopic (exact) mass is 231 g/mol. The molecule has 1 aromatic carbocycles. The molecule has 0 unspecified atom stereocenters. The first-order valence-corrected chi connectivity index (χ1v) is 4.41. The van der Waals surface area contributed by atoms with E-state index in [4.69, 9.17) is 0 Å². The van der Waals surface area contributed by atoms with E-state index in [1.807, 2.05) is 0 Å². The van der Waals surface area contributed by atoms with E-state index >= 15 is 0 Å². The van der Waals surface area contributed by atoms with E-state index in [-0.39, 0.29) is 12.4 Å². The summed E-state index contributed by atoms with van der Waals surface area (Å²) in [5, 5.41) is 0. The van der Waals surface area contributed by atoms with Crippen molar-refractivity contribution in [2.75, 3.05) is 6.61 Å². The van der Waals surface area contributed by atoms with Crippen LogP contribution >= 0.6 is 0 Å². The first-order valence-electron chi connectivity index (χ1n) is 4.41. The number of alkyl halides is 3. The van der Waals surface area contributed by atoms with Crippen molar-refractivity contribution in [1.82, 2.24) is 0 Å². The van der Waals surface area contributed by atoms with Gasteiger partial charge < -0.3 is 9.47 Å². The van der Waals surface area contributed by atoms with Gasteiger partial charge in [0.15, 0.2) is 0 Å². The highest BCUT2D eigenvalue weighted by molar-refractivity contribution is 5.57. The second-order valence-electron chi connectivity index (χ2n) is 2.86. The molecule has 0 atom stereocenters.